The molecule has 6 nitrogen and oxygen atoms in total. The summed E-state index contributed by atoms with van der Waals surface area (Å²) in [6.45, 7) is 3.52. The van der Waals surface area contributed by atoms with Gasteiger partial charge in [0, 0.05) is 12.3 Å². The fraction of sp³-hybridized carbons (Fsp3) is 0.500. The third-order valence-electron chi connectivity index (χ3n) is 3.47. The van der Waals surface area contributed by atoms with Crippen molar-refractivity contribution < 1.29 is 4.79 Å². The highest BCUT2D eigenvalue weighted by molar-refractivity contribution is 8.01. The summed E-state index contributed by atoms with van der Waals surface area (Å²) in [4.78, 5) is 14.3. The van der Waals surface area contributed by atoms with Gasteiger partial charge >= 0.3 is 6.03 Å². The van der Waals surface area contributed by atoms with Crippen LogP contribution in [-0.4, -0.2) is 46.5 Å². The van der Waals surface area contributed by atoms with Crippen molar-refractivity contribution in [3.05, 3.63) is 17.5 Å². The first-order valence-corrected chi connectivity index (χ1v) is 10.3. The second kappa shape index (κ2) is 8.62. The Morgan fingerprint density at radius 1 is 1.26 bits per heavy atom. The van der Waals surface area contributed by atoms with Crippen LogP contribution >= 0.6 is 34.4 Å². The summed E-state index contributed by atoms with van der Waals surface area (Å²) >= 11 is 4.59. The van der Waals surface area contributed by atoms with E-state index in [2.05, 4.69) is 25.7 Å². The van der Waals surface area contributed by atoms with Gasteiger partial charge in [-0.1, -0.05) is 29.5 Å². The van der Waals surface area contributed by atoms with Crippen LogP contribution in [0.5, 0.6) is 0 Å². The predicted octanol–water partition coefficient (Wildman–Crippen LogP) is 3.82. The highest BCUT2D eigenvalue weighted by Crippen LogP contribution is 2.26. The first-order chi connectivity index (χ1) is 11.3. The Balaban J connectivity index is 1.39. The smallest absolute Gasteiger partial charge is 0.303 e. The first kappa shape index (κ1) is 16.7. The largest absolute Gasteiger partial charge is 0.326 e. The maximum Gasteiger partial charge on any atom is 0.326 e. The van der Waals surface area contributed by atoms with E-state index in [1.165, 1.54) is 55.0 Å². The Bertz CT molecular complexity index is 610. The van der Waals surface area contributed by atoms with E-state index in [9.17, 15) is 4.79 Å². The summed E-state index contributed by atoms with van der Waals surface area (Å²) in [5.74, 6) is 1.01. The fourth-order valence-electron chi connectivity index (χ4n) is 2.35. The van der Waals surface area contributed by atoms with E-state index in [0.717, 1.165) is 21.6 Å². The Morgan fingerprint density at radius 3 is 2.91 bits per heavy atom. The molecular formula is C14H19N5OS3. The van der Waals surface area contributed by atoms with Crippen LogP contribution in [0.15, 0.2) is 21.9 Å². The number of nitrogens with zero attached hydrogens (tertiary/aromatic N) is 3. The van der Waals surface area contributed by atoms with Gasteiger partial charge < -0.3 is 4.90 Å². The number of thiophene rings is 1. The number of nitrogens with one attached hydrogen (secondary N) is 2. The van der Waals surface area contributed by atoms with Crippen LogP contribution < -0.4 is 10.6 Å². The molecule has 0 bridgehead atoms. The molecule has 0 unspecified atom stereocenters. The minimum atomic E-state index is -0.284. The number of amides is 2. The molecule has 1 saturated heterocycles. The van der Waals surface area contributed by atoms with Gasteiger partial charge in [0.15, 0.2) is 4.34 Å². The summed E-state index contributed by atoms with van der Waals surface area (Å²) in [5, 5.41) is 16.9. The van der Waals surface area contributed by atoms with E-state index in [1.54, 1.807) is 11.8 Å². The molecule has 2 aromatic heterocycles. The first-order valence-electron chi connectivity index (χ1n) is 7.60. The molecule has 3 heterocycles. The Labute approximate surface area is 147 Å². The van der Waals surface area contributed by atoms with E-state index >= 15 is 0 Å². The summed E-state index contributed by atoms with van der Waals surface area (Å²) in [7, 11) is 0. The van der Waals surface area contributed by atoms with Crippen LogP contribution in [0, 0.1) is 0 Å². The lowest BCUT2D eigenvalue weighted by molar-refractivity contribution is 0.242. The maximum absolute atomic E-state index is 11.8. The van der Waals surface area contributed by atoms with Gasteiger partial charge in [-0.2, -0.15) is 0 Å². The third-order valence-corrected chi connectivity index (χ3v) is 6.20. The zero-order chi connectivity index (χ0) is 15.9. The molecule has 3 rings (SSSR count). The summed E-state index contributed by atoms with van der Waals surface area (Å²) in [6.07, 6.45) is 4.00. The molecule has 1 aliphatic rings. The lowest BCUT2D eigenvalue weighted by Crippen LogP contribution is -2.31. The van der Waals surface area contributed by atoms with Crippen LogP contribution in [0.1, 0.15) is 19.3 Å². The zero-order valence-corrected chi connectivity index (χ0v) is 15.1. The number of hydrogen-bond acceptors (Lipinski definition) is 7. The lowest BCUT2D eigenvalue weighted by Gasteiger charge is -2.25. The Morgan fingerprint density at radius 2 is 2.13 bits per heavy atom. The second-order valence-electron chi connectivity index (χ2n) is 5.18. The molecule has 124 valence electrons. The minimum Gasteiger partial charge on any atom is -0.303 e. The molecular weight excluding hydrogens is 350 g/mol. The Hall–Kier alpha value is -1.16. The van der Waals surface area contributed by atoms with Crippen molar-refractivity contribution in [1.29, 1.82) is 0 Å². The van der Waals surface area contributed by atoms with E-state index < -0.39 is 0 Å². The van der Waals surface area contributed by atoms with Crippen LogP contribution in [0.25, 0.3) is 0 Å². The molecule has 0 atom stereocenters. The zero-order valence-electron chi connectivity index (χ0n) is 12.7. The number of anilines is 2. The van der Waals surface area contributed by atoms with Gasteiger partial charge in [-0.05, 0) is 43.4 Å². The number of aromatic nitrogens is 2. The SMILES string of the molecule is O=C(Nc1cccs1)Nc1nnc(SCCN2CCCCC2)s1. The molecule has 0 radical (unpaired) electrons. The number of thioether (sulfide) groups is 1. The van der Waals surface area contributed by atoms with Crippen LogP contribution in [0.4, 0.5) is 14.9 Å². The monoisotopic (exact) mass is 369 g/mol. The van der Waals surface area contributed by atoms with E-state index in [0.29, 0.717) is 5.13 Å². The van der Waals surface area contributed by atoms with Crippen molar-refractivity contribution in [2.75, 3.05) is 36.0 Å². The topological polar surface area (TPSA) is 70.1 Å². The predicted molar refractivity (Wildman–Crippen MR) is 97.9 cm³/mol. The fourth-order valence-corrected chi connectivity index (χ4v) is 4.78. The molecule has 9 heteroatoms. The van der Waals surface area contributed by atoms with Crippen LogP contribution in [0.2, 0.25) is 0 Å². The lowest BCUT2D eigenvalue weighted by atomic mass is 10.1. The second-order valence-corrected chi connectivity index (χ2v) is 8.45. The van der Waals surface area contributed by atoms with Crippen LogP contribution in [-0.2, 0) is 0 Å². The minimum absolute atomic E-state index is 0.284. The van der Waals surface area contributed by atoms with Gasteiger partial charge in [-0.15, -0.1) is 21.5 Å². The van der Waals surface area contributed by atoms with Crippen molar-refractivity contribution in [2.24, 2.45) is 0 Å². The average Bonchev–Trinajstić information content (AvgIpc) is 3.20. The van der Waals surface area contributed by atoms with E-state index in [4.69, 9.17) is 0 Å². The highest BCUT2D eigenvalue weighted by atomic mass is 32.2. The van der Waals surface area contributed by atoms with E-state index in [-0.39, 0.29) is 6.03 Å². The molecule has 1 fully saturated rings. The number of hydrogen-bond donors (Lipinski definition) is 2. The number of rotatable bonds is 6. The van der Waals surface area contributed by atoms with Crippen molar-refractivity contribution in [1.82, 2.24) is 15.1 Å². The molecule has 0 saturated carbocycles. The van der Waals surface area contributed by atoms with Crippen molar-refractivity contribution in [3.63, 3.8) is 0 Å². The van der Waals surface area contributed by atoms with Crippen molar-refractivity contribution in [3.8, 4) is 0 Å². The van der Waals surface area contributed by atoms with Gasteiger partial charge in [-0.25, -0.2) is 4.79 Å². The molecule has 0 aliphatic carbocycles. The average molecular weight is 370 g/mol. The summed E-state index contributed by atoms with van der Waals surface area (Å²) in [6, 6.07) is 3.46. The maximum atomic E-state index is 11.8. The number of urea groups is 1. The van der Waals surface area contributed by atoms with Crippen molar-refractivity contribution >= 4 is 50.6 Å². The molecule has 0 aromatic carbocycles. The standard InChI is InChI=1S/C14H19N5OS3/c20-12(15-11-5-4-9-21-11)16-13-17-18-14(23-13)22-10-8-19-6-2-1-3-7-19/h4-5,9H,1-3,6-8,10H2,(H2,15,16,17,20). The molecule has 0 spiro atoms. The molecule has 1 aliphatic heterocycles. The normalized spacial score (nSPS) is 15.5. The summed E-state index contributed by atoms with van der Waals surface area (Å²) in [5.41, 5.74) is 0. The van der Waals surface area contributed by atoms with E-state index in [1.807, 2.05) is 17.5 Å². The summed E-state index contributed by atoms with van der Waals surface area (Å²) < 4.78 is 0.897. The molecule has 2 aromatic rings. The highest BCUT2D eigenvalue weighted by Gasteiger charge is 2.12. The number of piperidine rings is 1. The number of carbonyl (C=O) groups excluding carboxylic acids is 1. The van der Waals surface area contributed by atoms with Crippen LogP contribution in [0.3, 0.4) is 0 Å². The molecule has 23 heavy (non-hydrogen) atoms. The molecule has 2 amide bonds. The number of carbonyl (C=O) groups is 1. The van der Waals surface area contributed by atoms with Gasteiger partial charge in [-0.3, -0.25) is 10.6 Å². The Kier molecular flexibility index (Phi) is 6.26. The van der Waals surface area contributed by atoms with Crippen molar-refractivity contribution in [2.45, 2.75) is 23.6 Å². The van der Waals surface area contributed by atoms with Gasteiger partial charge in [0.2, 0.25) is 5.13 Å². The van der Waals surface area contributed by atoms with Gasteiger partial charge in [0.05, 0.1) is 5.00 Å². The van der Waals surface area contributed by atoms with Gasteiger partial charge in [0.1, 0.15) is 0 Å². The number of likely N-dealkylation sites (tertiary alicyclic amines) is 1. The third kappa shape index (κ3) is 5.45. The molecule has 2 N–H and O–H groups in total. The van der Waals surface area contributed by atoms with Gasteiger partial charge in [0.25, 0.3) is 0 Å². The quantitative estimate of drug-likeness (QED) is 0.598.